The molecule has 0 radical (unpaired) electrons. The van der Waals surface area contributed by atoms with Crippen molar-refractivity contribution in [1.29, 1.82) is 0 Å². The van der Waals surface area contributed by atoms with E-state index in [1.165, 1.54) is 13.3 Å². The molecule has 0 heterocycles. The first kappa shape index (κ1) is 19.5. The average molecular weight is 419 g/mol. The van der Waals surface area contributed by atoms with Crippen LogP contribution < -0.4 is 19.6 Å². The van der Waals surface area contributed by atoms with Crippen molar-refractivity contribution in [1.82, 2.24) is 5.43 Å². The molecule has 1 amide bonds. The van der Waals surface area contributed by atoms with Crippen LogP contribution in [-0.4, -0.2) is 32.9 Å². The van der Waals surface area contributed by atoms with Crippen LogP contribution in [0.1, 0.15) is 15.9 Å². The molecule has 0 aromatic heterocycles. The van der Waals surface area contributed by atoms with Crippen molar-refractivity contribution in [2.75, 3.05) is 20.8 Å². The summed E-state index contributed by atoms with van der Waals surface area (Å²) >= 11 is 3.39. The number of amides is 1. The zero-order chi connectivity index (χ0) is 18.9. The van der Waals surface area contributed by atoms with Gasteiger partial charge in [0.2, 0.25) is 0 Å². The minimum atomic E-state index is -0.371. The molecule has 0 aliphatic carbocycles. The molecule has 0 aliphatic heterocycles. The smallest absolute Gasteiger partial charge is 0.271 e. The largest absolute Gasteiger partial charge is 0.496 e. The molecule has 0 aliphatic rings. The van der Waals surface area contributed by atoms with Crippen molar-refractivity contribution < 1.29 is 19.0 Å². The lowest BCUT2D eigenvalue weighted by molar-refractivity contribution is 0.0954. The second-order valence-corrected chi connectivity index (χ2v) is 5.97. The highest BCUT2D eigenvalue weighted by atomic mass is 79.9. The van der Waals surface area contributed by atoms with Crippen molar-refractivity contribution in [2.45, 2.75) is 0 Å². The summed E-state index contributed by atoms with van der Waals surface area (Å²) in [5.74, 6) is 1.27. The third-order valence-corrected chi connectivity index (χ3v) is 3.84. The molecule has 0 fully saturated rings. The standard InChI is InChI=1S/C19H19BrN2O4/c1-4-9-26-17-7-5-13(11-18(17)25-3)19(23)22-21-12-14-10-15(20)6-8-16(14)24-2/h4-8,10-12H,1,9H2,2-3H3,(H,22,23)/b21-12+. The van der Waals surface area contributed by atoms with Gasteiger partial charge in [0.1, 0.15) is 12.4 Å². The number of methoxy groups -OCH3 is 2. The van der Waals surface area contributed by atoms with Crippen molar-refractivity contribution >= 4 is 28.1 Å². The third kappa shape index (κ3) is 5.10. The Bertz CT molecular complexity index is 821. The molecule has 0 spiro atoms. The molecule has 0 saturated heterocycles. The Balaban J connectivity index is 2.10. The molecular formula is C19H19BrN2O4. The van der Waals surface area contributed by atoms with Crippen molar-refractivity contribution in [2.24, 2.45) is 5.10 Å². The number of hydrogen-bond acceptors (Lipinski definition) is 5. The van der Waals surface area contributed by atoms with Gasteiger partial charge in [-0.05, 0) is 36.4 Å². The molecule has 0 bridgehead atoms. The predicted octanol–water partition coefficient (Wildman–Crippen LogP) is 3.80. The van der Waals surface area contributed by atoms with Gasteiger partial charge in [0.25, 0.3) is 5.91 Å². The lowest BCUT2D eigenvalue weighted by Gasteiger charge is -2.10. The maximum Gasteiger partial charge on any atom is 0.271 e. The van der Waals surface area contributed by atoms with Crippen molar-refractivity contribution in [3.63, 3.8) is 0 Å². The summed E-state index contributed by atoms with van der Waals surface area (Å²) in [6.45, 7) is 3.94. The van der Waals surface area contributed by atoms with Gasteiger partial charge in [-0.2, -0.15) is 5.10 Å². The first-order valence-corrected chi connectivity index (χ1v) is 8.47. The molecule has 0 unspecified atom stereocenters. The van der Waals surface area contributed by atoms with Gasteiger partial charge in [0, 0.05) is 15.6 Å². The molecule has 0 atom stereocenters. The molecule has 26 heavy (non-hydrogen) atoms. The lowest BCUT2D eigenvalue weighted by atomic mass is 10.2. The Labute approximate surface area is 160 Å². The first-order chi connectivity index (χ1) is 12.6. The highest BCUT2D eigenvalue weighted by Crippen LogP contribution is 2.28. The summed E-state index contributed by atoms with van der Waals surface area (Å²) in [6.07, 6.45) is 3.14. The van der Waals surface area contributed by atoms with E-state index in [4.69, 9.17) is 14.2 Å². The van der Waals surface area contributed by atoms with E-state index in [-0.39, 0.29) is 5.91 Å². The average Bonchev–Trinajstić information content (AvgIpc) is 2.66. The first-order valence-electron chi connectivity index (χ1n) is 7.67. The summed E-state index contributed by atoms with van der Waals surface area (Å²) < 4.78 is 16.9. The number of hydrogen-bond donors (Lipinski definition) is 1. The molecule has 1 N–H and O–H groups in total. The Hall–Kier alpha value is -2.80. The van der Waals surface area contributed by atoms with E-state index in [0.717, 1.165) is 10.0 Å². The summed E-state index contributed by atoms with van der Waals surface area (Å²) in [4.78, 5) is 12.3. The number of rotatable bonds is 8. The Morgan fingerprint density at radius 3 is 2.58 bits per heavy atom. The Kier molecular flexibility index (Phi) is 7.23. The van der Waals surface area contributed by atoms with Gasteiger partial charge < -0.3 is 14.2 Å². The number of nitrogens with one attached hydrogen (secondary N) is 1. The fourth-order valence-electron chi connectivity index (χ4n) is 2.11. The number of hydrazone groups is 1. The van der Waals surface area contributed by atoms with Crippen LogP contribution in [0.15, 0.2) is 58.6 Å². The highest BCUT2D eigenvalue weighted by Gasteiger charge is 2.10. The highest BCUT2D eigenvalue weighted by molar-refractivity contribution is 9.10. The minimum Gasteiger partial charge on any atom is -0.496 e. The Morgan fingerprint density at radius 1 is 1.15 bits per heavy atom. The predicted molar refractivity (Wildman–Crippen MR) is 104 cm³/mol. The minimum absolute atomic E-state index is 0.348. The number of carbonyl (C=O) groups excluding carboxylic acids is 1. The van der Waals surface area contributed by atoms with Crippen LogP contribution in [0.5, 0.6) is 17.2 Å². The normalized spacial score (nSPS) is 10.4. The third-order valence-electron chi connectivity index (χ3n) is 3.34. The van der Waals surface area contributed by atoms with Crippen molar-refractivity contribution in [3.8, 4) is 17.2 Å². The molecule has 2 aromatic carbocycles. The topological polar surface area (TPSA) is 69.2 Å². The van der Waals surface area contributed by atoms with Crippen LogP contribution in [0.3, 0.4) is 0 Å². The maximum absolute atomic E-state index is 12.3. The fourth-order valence-corrected chi connectivity index (χ4v) is 2.49. The maximum atomic E-state index is 12.3. The fraction of sp³-hybridized carbons (Fsp3) is 0.158. The molecule has 7 heteroatoms. The van der Waals surface area contributed by atoms with Gasteiger partial charge in [-0.25, -0.2) is 5.43 Å². The lowest BCUT2D eigenvalue weighted by Crippen LogP contribution is -2.17. The monoisotopic (exact) mass is 418 g/mol. The van der Waals surface area contributed by atoms with Crippen LogP contribution in [-0.2, 0) is 0 Å². The second-order valence-electron chi connectivity index (χ2n) is 5.05. The molecule has 136 valence electrons. The van der Waals surface area contributed by atoms with Crippen LogP contribution in [0, 0.1) is 0 Å². The van der Waals surface area contributed by atoms with Gasteiger partial charge in [0.05, 0.1) is 20.4 Å². The van der Waals surface area contributed by atoms with E-state index < -0.39 is 0 Å². The number of ether oxygens (including phenoxy) is 3. The summed E-state index contributed by atoms with van der Waals surface area (Å²) in [7, 11) is 3.08. The van der Waals surface area contributed by atoms with Crippen molar-refractivity contribution in [3.05, 3.63) is 64.7 Å². The van der Waals surface area contributed by atoms with E-state index >= 15 is 0 Å². The second kappa shape index (κ2) is 9.62. The molecular weight excluding hydrogens is 400 g/mol. The van der Waals surface area contributed by atoms with Crippen LogP contribution in [0.2, 0.25) is 0 Å². The molecule has 2 rings (SSSR count). The quantitative estimate of drug-likeness (QED) is 0.402. The Morgan fingerprint density at radius 2 is 1.88 bits per heavy atom. The van der Waals surface area contributed by atoms with E-state index in [1.54, 1.807) is 37.5 Å². The van der Waals surface area contributed by atoms with E-state index in [9.17, 15) is 4.79 Å². The van der Waals surface area contributed by atoms with E-state index in [2.05, 4.69) is 33.0 Å². The SMILES string of the molecule is C=CCOc1ccc(C(=O)N/N=C/c2cc(Br)ccc2OC)cc1OC. The van der Waals surface area contributed by atoms with Gasteiger partial charge in [-0.3, -0.25) is 4.79 Å². The van der Waals surface area contributed by atoms with Gasteiger partial charge in [-0.15, -0.1) is 0 Å². The summed E-state index contributed by atoms with van der Waals surface area (Å²) in [5, 5.41) is 3.98. The molecule has 2 aromatic rings. The summed E-state index contributed by atoms with van der Waals surface area (Å²) in [6, 6.07) is 10.4. The van der Waals surface area contributed by atoms with Crippen LogP contribution in [0.4, 0.5) is 0 Å². The van der Waals surface area contributed by atoms with Crippen LogP contribution >= 0.6 is 15.9 Å². The van der Waals surface area contributed by atoms with Crippen LogP contribution in [0.25, 0.3) is 0 Å². The van der Waals surface area contributed by atoms with Gasteiger partial charge in [0.15, 0.2) is 11.5 Å². The zero-order valence-electron chi connectivity index (χ0n) is 14.5. The van der Waals surface area contributed by atoms with Gasteiger partial charge in [-0.1, -0.05) is 28.6 Å². The van der Waals surface area contributed by atoms with E-state index in [0.29, 0.717) is 29.4 Å². The number of nitrogens with zero attached hydrogens (tertiary/aromatic N) is 1. The zero-order valence-corrected chi connectivity index (χ0v) is 16.1. The number of halogens is 1. The molecule has 6 nitrogen and oxygen atoms in total. The number of benzene rings is 2. The van der Waals surface area contributed by atoms with Gasteiger partial charge >= 0.3 is 0 Å². The molecule has 0 saturated carbocycles. The number of carbonyl (C=O) groups is 1. The van der Waals surface area contributed by atoms with E-state index in [1.807, 2.05) is 12.1 Å². The summed E-state index contributed by atoms with van der Waals surface area (Å²) in [5.41, 5.74) is 3.60.